The Morgan fingerprint density at radius 1 is 1.07 bits per heavy atom. The number of pyridine rings is 1. The van der Waals surface area contributed by atoms with E-state index in [1.807, 2.05) is 43.6 Å². The van der Waals surface area contributed by atoms with Crippen molar-refractivity contribution in [2.24, 2.45) is 13.0 Å². The van der Waals surface area contributed by atoms with Gasteiger partial charge in [0, 0.05) is 38.2 Å². The number of aryl methyl sites for hydroxylation is 1. The van der Waals surface area contributed by atoms with Crippen molar-refractivity contribution in [3.05, 3.63) is 65.5 Å². The molecule has 1 aromatic carbocycles. The van der Waals surface area contributed by atoms with E-state index in [0.29, 0.717) is 11.7 Å². The van der Waals surface area contributed by atoms with Crippen LogP contribution in [0.4, 0.5) is 16.6 Å². The van der Waals surface area contributed by atoms with Gasteiger partial charge >= 0.3 is 6.03 Å². The molecule has 11 nitrogen and oxygen atoms in total. The van der Waals surface area contributed by atoms with Gasteiger partial charge in [-0.15, -0.1) is 10.2 Å². The minimum Gasteiger partial charge on any atom is -0.484 e. The van der Waals surface area contributed by atoms with Gasteiger partial charge in [-0.3, -0.25) is 14.4 Å². The Hall–Kier alpha value is -4.12. The summed E-state index contributed by atoms with van der Waals surface area (Å²) >= 11 is 0. The third-order valence-corrected chi connectivity index (χ3v) is 8.69. The predicted octanol–water partition coefficient (Wildman–Crippen LogP) is 5.32. The van der Waals surface area contributed by atoms with E-state index in [4.69, 9.17) is 4.74 Å². The van der Waals surface area contributed by atoms with E-state index in [2.05, 4.69) is 87.1 Å². The molecule has 44 heavy (non-hydrogen) atoms. The van der Waals surface area contributed by atoms with E-state index in [0.717, 1.165) is 73.1 Å². The number of hydrogen-bond donors (Lipinski definition) is 2. The number of piperidine rings is 1. The molecule has 2 amide bonds. The van der Waals surface area contributed by atoms with E-state index in [1.54, 1.807) is 4.68 Å². The summed E-state index contributed by atoms with van der Waals surface area (Å²) in [6.45, 7) is 9.34. The summed E-state index contributed by atoms with van der Waals surface area (Å²) in [5.41, 5.74) is 3.80. The van der Waals surface area contributed by atoms with Gasteiger partial charge in [0.05, 0.1) is 17.9 Å². The zero-order chi connectivity index (χ0) is 31.0. The minimum absolute atomic E-state index is 0.103. The van der Waals surface area contributed by atoms with Crippen LogP contribution in [0.25, 0.3) is 5.65 Å². The van der Waals surface area contributed by atoms with Gasteiger partial charge < -0.3 is 19.9 Å². The van der Waals surface area contributed by atoms with Crippen molar-refractivity contribution in [1.29, 1.82) is 0 Å². The number of fused-ring (bicyclic) bond motifs is 2. The Bertz CT molecular complexity index is 1620. The number of amides is 2. The molecule has 3 atom stereocenters. The van der Waals surface area contributed by atoms with Crippen LogP contribution in [0.1, 0.15) is 75.4 Å². The van der Waals surface area contributed by atoms with Crippen molar-refractivity contribution in [2.75, 3.05) is 43.9 Å². The number of aromatic nitrogens is 5. The highest BCUT2D eigenvalue weighted by molar-refractivity contribution is 5.88. The zero-order valence-electron chi connectivity index (χ0n) is 26.7. The molecular weight excluding hydrogens is 554 g/mol. The highest BCUT2D eigenvalue weighted by atomic mass is 16.5. The number of rotatable bonds is 7. The standard InChI is InChI=1S/C33H45N9O2/c1-33(2,3)28-18-30(40(6)38-28)35-31(43)34-26-14-15-27(25-12-8-7-11-24(25)26)44-23-13-16-29-36-37-32(42(29)21-23)41-17-9-10-22(20-41)19-39(4)5/h7-8,11-13,16,18,21-22,26-27H,9-10,14-15,17,19-20H2,1-6H3,(H2,34,35,43)/t22-,26-,27+/m0/s1. The largest absolute Gasteiger partial charge is 0.484 e. The first-order valence-corrected chi connectivity index (χ1v) is 15.7. The number of carbonyl (C=O) groups excluding carboxylic acids is 1. The minimum atomic E-state index is -0.247. The van der Waals surface area contributed by atoms with Crippen LogP contribution < -0.4 is 20.3 Å². The summed E-state index contributed by atoms with van der Waals surface area (Å²) in [6, 6.07) is 13.7. The fourth-order valence-corrected chi connectivity index (χ4v) is 6.51. The Morgan fingerprint density at radius 2 is 1.86 bits per heavy atom. The van der Waals surface area contributed by atoms with Crippen LogP contribution in [0.5, 0.6) is 5.75 Å². The van der Waals surface area contributed by atoms with E-state index >= 15 is 0 Å². The molecule has 1 aliphatic carbocycles. The molecule has 6 rings (SSSR count). The monoisotopic (exact) mass is 599 g/mol. The Kier molecular flexibility index (Phi) is 8.24. The number of anilines is 2. The maximum absolute atomic E-state index is 13.1. The molecule has 11 heteroatoms. The fraction of sp³-hybridized carbons (Fsp3) is 0.515. The molecule has 2 aliphatic rings. The Morgan fingerprint density at radius 3 is 2.61 bits per heavy atom. The molecule has 0 bridgehead atoms. The summed E-state index contributed by atoms with van der Waals surface area (Å²) in [6.07, 6.45) is 5.80. The number of hydrogen-bond acceptors (Lipinski definition) is 7. The van der Waals surface area contributed by atoms with E-state index < -0.39 is 0 Å². The van der Waals surface area contributed by atoms with Gasteiger partial charge in [0.1, 0.15) is 17.7 Å². The molecule has 0 radical (unpaired) electrons. The third-order valence-electron chi connectivity index (χ3n) is 8.69. The van der Waals surface area contributed by atoms with Crippen molar-refractivity contribution < 1.29 is 9.53 Å². The number of nitrogens with one attached hydrogen (secondary N) is 2. The first-order valence-electron chi connectivity index (χ1n) is 15.7. The van der Waals surface area contributed by atoms with Crippen LogP contribution in [0, 0.1) is 5.92 Å². The van der Waals surface area contributed by atoms with E-state index in [-0.39, 0.29) is 23.6 Å². The van der Waals surface area contributed by atoms with Gasteiger partial charge in [-0.2, -0.15) is 5.10 Å². The lowest BCUT2D eigenvalue weighted by Crippen LogP contribution is -2.40. The molecule has 4 aromatic rings. The average Bonchev–Trinajstić information content (AvgIpc) is 3.57. The molecule has 3 aromatic heterocycles. The van der Waals surface area contributed by atoms with Crippen molar-refractivity contribution in [3.8, 4) is 5.75 Å². The molecule has 234 valence electrons. The van der Waals surface area contributed by atoms with Crippen LogP contribution in [0.15, 0.2) is 48.7 Å². The molecule has 1 aliphatic heterocycles. The molecule has 0 saturated carbocycles. The molecule has 0 spiro atoms. The van der Waals surface area contributed by atoms with Crippen LogP contribution >= 0.6 is 0 Å². The van der Waals surface area contributed by atoms with Crippen molar-refractivity contribution in [1.82, 2.24) is 34.6 Å². The second kappa shape index (κ2) is 12.1. The average molecular weight is 600 g/mol. The van der Waals surface area contributed by atoms with Gasteiger partial charge in [-0.25, -0.2) is 4.79 Å². The number of urea groups is 1. The predicted molar refractivity (Wildman–Crippen MR) is 172 cm³/mol. The number of nitrogens with zero attached hydrogens (tertiary/aromatic N) is 7. The van der Waals surface area contributed by atoms with Crippen molar-refractivity contribution in [3.63, 3.8) is 0 Å². The molecular formula is C33H45N9O2. The summed E-state index contributed by atoms with van der Waals surface area (Å²) < 4.78 is 10.4. The Balaban J connectivity index is 1.16. The smallest absolute Gasteiger partial charge is 0.320 e. The fourth-order valence-electron chi connectivity index (χ4n) is 6.51. The second-order valence-corrected chi connectivity index (χ2v) is 13.6. The van der Waals surface area contributed by atoms with Gasteiger partial charge in [-0.1, -0.05) is 45.0 Å². The highest BCUT2D eigenvalue weighted by Crippen LogP contribution is 2.39. The Labute approximate surface area is 259 Å². The van der Waals surface area contributed by atoms with Gasteiger partial charge in [0.15, 0.2) is 5.65 Å². The van der Waals surface area contributed by atoms with Crippen molar-refractivity contribution in [2.45, 2.75) is 64.0 Å². The summed E-state index contributed by atoms with van der Waals surface area (Å²) in [5, 5.41) is 19.8. The first-order chi connectivity index (χ1) is 21.0. The SMILES string of the molecule is CN(C)C[C@@H]1CCCN(c2nnc3ccc(O[C@@H]4CC[C@H](NC(=O)Nc5cc(C(C)(C)C)nn5C)c5ccccc54)cn23)C1. The lowest BCUT2D eigenvalue weighted by atomic mass is 9.85. The molecule has 2 N–H and O–H groups in total. The van der Waals surface area contributed by atoms with Crippen LogP contribution in [-0.2, 0) is 12.5 Å². The lowest BCUT2D eigenvalue weighted by Gasteiger charge is -2.34. The summed E-state index contributed by atoms with van der Waals surface area (Å²) in [4.78, 5) is 17.7. The van der Waals surface area contributed by atoms with E-state index in [1.165, 1.54) is 6.42 Å². The summed E-state index contributed by atoms with van der Waals surface area (Å²) in [7, 11) is 6.11. The quantitative estimate of drug-likeness (QED) is 0.297. The van der Waals surface area contributed by atoms with Gasteiger partial charge in [-0.05, 0) is 69.0 Å². The zero-order valence-corrected chi connectivity index (χ0v) is 26.7. The lowest BCUT2D eigenvalue weighted by molar-refractivity contribution is 0.171. The topological polar surface area (TPSA) is 105 Å². The number of carbonyl (C=O) groups is 1. The third kappa shape index (κ3) is 6.38. The van der Waals surface area contributed by atoms with Crippen LogP contribution in [-0.4, -0.2) is 69.0 Å². The van der Waals surface area contributed by atoms with Crippen molar-refractivity contribution >= 4 is 23.4 Å². The van der Waals surface area contributed by atoms with Crippen LogP contribution in [0.3, 0.4) is 0 Å². The second-order valence-electron chi connectivity index (χ2n) is 13.6. The first kappa shape index (κ1) is 29.9. The highest BCUT2D eigenvalue weighted by Gasteiger charge is 2.30. The molecule has 1 fully saturated rings. The van der Waals surface area contributed by atoms with Gasteiger partial charge in [0.2, 0.25) is 5.95 Å². The molecule has 0 unspecified atom stereocenters. The maximum Gasteiger partial charge on any atom is 0.320 e. The van der Waals surface area contributed by atoms with Crippen LogP contribution in [0.2, 0.25) is 0 Å². The number of benzene rings is 1. The molecule has 1 saturated heterocycles. The maximum atomic E-state index is 13.1. The van der Waals surface area contributed by atoms with E-state index in [9.17, 15) is 4.79 Å². The molecule has 4 heterocycles. The van der Waals surface area contributed by atoms with Gasteiger partial charge in [0.25, 0.3) is 0 Å². The summed E-state index contributed by atoms with van der Waals surface area (Å²) in [5.74, 6) is 2.92. The number of ether oxygens (including phenoxy) is 1. The normalized spacial score (nSPS) is 20.5.